The number of hydrogen-bond donors (Lipinski definition) is 1. The molecule has 2 rings (SSSR count). The first-order valence-corrected chi connectivity index (χ1v) is 9.13. The van der Waals surface area contributed by atoms with Crippen LogP contribution in [-0.4, -0.2) is 50.3 Å². The highest BCUT2D eigenvalue weighted by molar-refractivity contribution is 7.88. The minimum absolute atomic E-state index is 0.0140. The predicted octanol–water partition coefficient (Wildman–Crippen LogP) is 0.994. The van der Waals surface area contributed by atoms with E-state index in [4.69, 9.17) is 4.74 Å². The summed E-state index contributed by atoms with van der Waals surface area (Å²) in [6, 6.07) is 3.91. The first-order chi connectivity index (χ1) is 9.96. The van der Waals surface area contributed by atoms with Crippen molar-refractivity contribution >= 4 is 10.0 Å². The first kappa shape index (κ1) is 16.2. The smallest absolute Gasteiger partial charge is 0.213 e. The number of hydrogen-bond acceptors (Lipinski definition) is 5. The van der Waals surface area contributed by atoms with Gasteiger partial charge in [-0.1, -0.05) is 13.0 Å². The summed E-state index contributed by atoms with van der Waals surface area (Å²) >= 11 is 0. The number of pyridine rings is 1. The van der Waals surface area contributed by atoms with E-state index in [9.17, 15) is 8.42 Å². The summed E-state index contributed by atoms with van der Waals surface area (Å²) in [4.78, 5) is 6.50. The zero-order valence-electron chi connectivity index (χ0n) is 12.6. The zero-order chi connectivity index (χ0) is 15.3. The van der Waals surface area contributed by atoms with Crippen LogP contribution in [0.1, 0.15) is 25.3 Å². The molecule has 0 saturated carbocycles. The lowest BCUT2D eigenvalue weighted by atomic mass is 10.2. The molecule has 0 spiro atoms. The van der Waals surface area contributed by atoms with E-state index in [-0.39, 0.29) is 6.04 Å². The number of nitrogens with zero attached hydrogens (tertiary/aromatic N) is 2. The molecule has 0 bridgehead atoms. The molecule has 0 aliphatic carbocycles. The lowest BCUT2D eigenvalue weighted by Gasteiger charge is -2.16. The highest BCUT2D eigenvalue weighted by Gasteiger charge is 2.24. The molecule has 1 aromatic rings. The Morgan fingerprint density at radius 2 is 2.29 bits per heavy atom. The Bertz CT molecular complexity index is 545. The van der Waals surface area contributed by atoms with E-state index in [1.807, 2.05) is 18.3 Å². The van der Waals surface area contributed by atoms with Crippen LogP contribution in [0, 0.1) is 0 Å². The molecule has 0 amide bonds. The fourth-order valence-corrected chi connectivity index (χ4v) is 3.23. The fourth-order valence-electron chi connectivity index (χ4n) is 2.43. The van der Waals surface area contributed by atoms with Gasteiger partial charge in [-0.25, -0.2) is 18.1 Å². The number of nitrogens with one attached hydrogen (secondary N) is 1. The molecule has 7 heteroatoms. The molecule has 118 valence electrons. The molecule has 1 aliphatic rings. The molecule has 2 heterocycles. The molecule has 1 N–H and O–H groups in total. The molecule has 21 heavy (non-hydrogen) atoms. The van der Waals surface area contributed by atoms with E-state index in [1.54, 1.807) is 0 Å². The lowest BCUT2D eigenvalue weighted by Crippen LogP contribution is -2.36. The summed E-state index contributed by atoms with van der Waals surface area (Å²) in [6.07, 6.45) is 4.83. The molecule has 0 aromatic carbocycles. The topological polar surface area (TPSA) is 71.5 Å². The molecular weight excluding hydrogens is 290 g/mol. The number of sulfonamides is 1. The Morgan fingerprint density at radius 3 is 2.90 bits per heavy atom. The van der Waals surface area contributed by atoms with Crippen LogP contribution in [0.25, 0.3) is 0 Å². The molecule has 1 fully saturated rings. The lowest BCUT2D eigenvalue weighted by molar-refractivity contribution is 0.303. The van der Waals surface area contributed by atoms with Gasteiger partial charge in [0.2, 0.25) is 15.9 Å². The SMILES string of the molecule is CCCOc1ccc(CN2CC[C@H](NS(C)(=O)=O)C2)cn1. The average Bonchev–Trinajstić information content (AvgIpc) is 2.83. The van der Waals surface area contributed by atoms with E-state index in [0.717, 1.165) is 38.0 Å². The summed E-state index contributed by atoms with van der Waals surface area (Å²) < 4.78 is 30.6. The third-order valence-electron chi connectivity index (χ3n) is 3.31. The third kappa shape index (κ3) is 5.61. The maximum atomic E-state index is 11.2. The van der Waals surface area contributed by atoms with E-state index in [0.29, 0.717) is 12.5 Å². The molecule has 1 aliphatic heterocycles. The summed E-state index contributed by atoms with van der Waals surface area (Å²) in [6.45, 7) is 5.14. The first-order valence-electron chi connectivity index (χ1n) is 7.23. The van der Waals surface area contributed by atoms with Gasteiger partial charge in [-0.15, -0.1) is 0 Å². The minimum Gasteiger partial charge on any atom is -0.478 e. The number of likely N-dealkylation sites (tertiary alicyclic amines) is 1. The molecule has 0 unspecified atom stereocenters. The largest absolute Gasteiger partial charge is 0.478 e. The van der Waals surface area contributed by atoms with Crippen LogP contribution in [0.15, 0.2) is 18.3 Å². The number of aromatic nitrogens is 1. The summed E-state index contributed by atoms with van der Waals surface area (Å²) in [7, 11) is -3.12. The summed E-state index contributed by atoms with van der Waals surface area (Å²) in [5, 5.41) is 0. The van der Waals surface area contributed by atoms with Crippen LogP contribution in [-0.2, 0) is 16.6 Å². The molecule has 0 radical (unpaired) electrons. The maximum absolute atomic E-state index is 11.2. The average molecular weight is 313 g/mol. The number of rotatable bonds is 7. The molecule has 1 aromatic heterocycles. The monoisotopic (exact) mass is 313 g/mol. The normalized spacial score (nSPS) is 19.8. The standard InChI is InChI=1S/C14H23N3O3S/c1-3-8-20-14-5-4-12(9-15-14)10-17-7-6-13(11-17)16-21(2,18)19/h4-5,9,13,16H,3,6-8,10-11H2,1-2H3/t13-/m0/s1. The van der Waals surface area contributed by atoms with Gasteiger partial charge in [-0.05, 0) is 18.4 Å². The Balaban J connectivity index is 1.83. The quantitative estimate of drug-likeness (QED) is 0.813. The van der Waals surface area contributed by atoms with Crippen molar-refractivity contribution in [2.45, 2.75) is 32.4 Å². The van der Waals surface area contributed by atoms with Crippen LogP contribution in [0.2, 0.25) is 0 Å². The van der Waals surface area contributed by atoms with Gasteiger partial charge < -0.3 is 4.74 Å². The van der Waals surface area contributed by atoms with Crippen molar-refractivity contribution in [2.24, 2.45) is 0 Å². The second-order valence-electron chi connectivity index (χ2n) is 5.46. The van der Waals surface area contributed by atoms with E-state index in [1.165, 1.54) is 6.26 Å². The van der Waals surface area contributed by atoms with Crippen molar-refractivity contribution in [3.8, 4) is 5.88 Å². The second-order valence-corrected chi connectivity index (χ2v) is 7.24. The van der Waals surface area contributed by atoms with Gasteiger partial charge in [0.25, 0.3) is 0 Å². The van der Waals surface area contributed by atoms with Crippen LogP contribution >= 0.6 is 0 Å². The molecular formula is C14H23N3O3S. The second kappa shape index (κ2) is 7.20. The van der Waals surface area contributed by atoms with Gasteiger partial charge in [0, 0.05) is 37.9 Å². The fraction of sp³-hybridized carbons (Fsp3) is 0.643. The maximum Gasteiger partial charge on any atom is 0.213 e. The van der Waals surface area contributed by atoms with Crippen molar-refractivity contribution in [3.63, 3.8) is 0 Å². The van der Waals surface area contributed by atoms with Crippen molar-refractivity contribution in [1.82, 2.24) is 14.6 Å². The Kier molecular flexibility index (Phi) is 5.55. The summed E-state index contributed by atoms with van der Waals surface area (Å²) in [5.74, 6) is 0.652. The zero-order valence-corrected chi connectivity index (χ0v) is 13.4. The third-order valence-corrected chi connectivity index (χ3v) is 4.07. The Morgan fingerprint density at radius 1 is 1.48 bits per heavy atom. The predicted molar refractivity (Wildman–Crippen MR) is 81.7 cm³/mol. The van der Waals surface area contributed by atoms with Gasteiger partial charge in [0.05, 0.1) is 12.9 Å². The van der Waals surface area contributed by atoms with Gasteiger partial charge in [-0.3, -0.25) is 4.90 Å². The van der Waals surface area contributed by atoms with Crippen molar-refractivity contribution in [1.29, 1.82) is 0 Å². The van der Waals surface area contributed by atoms with E-state index in [2.05, 4.69) is 21.5 Å². The van der Waals surface area contributed by atoms with Crippen LogP contribution in [0.5, 0.6) is 5.88 Å². The van der Waals surface area contributed by atoms with Crippen LogP contribution < -0.4 is 9.46 Å². The highest BCUT2D eigenvalue weighted by atomic mass is 32.2. The van der Waals surface area contributed by atoms with Crippen molar-refractivity contribution in [3.05, 3.63) is 23.9 Å². The molecule has 6 nitrogen and oxygen atoms in total. The van der Waals surface area contributed by atoms with Crippen molar-refractivity contribution in [2.75, 3.05) is 26.0 Å². The van der Waals surface area contributed by atoms with Gasteiger partial charge in [-0.2, -0.15) is 0 Å². The van der Waals surface area contributed by atoms with E-state index < -0.39 is 10.0 Å². The number of ether oxygens (including phenoxy) is 1. The summed E-state index contributed by atoms with van der Waals surface area (Å²) in [5.41, 5.74) is 1.11. The molecule has 1 atom stereocenters. The van der Waals surface area contributed by atoms with Crippen LogP contribution in [0.4, 0.5) is 0 Å². The van der Waals surface area contributed by atoms with Crippen LogP contribution in [0.3, 0.4) is 0 Å². The Labute approximate surface area is 126 Å². The van der Waals surface area contributed by atoms with Gasteiger partial charge in [0.1, 0.15) is 0 Å². The Hall–Kier alpha value is -1.18. The highest BCUT2D eigenvalue weighted by Crippen LogP contribution is 2.15. The molecule has 1 saturated heterocycles. The van der Waals surface area contributed by atoms with Gasteiger partial charge in [0.15, 0.2) is 0 Å². The minimum atomic E-state index is -3.12. The van der Waals surface area contributed by atoms with Crippen molar-refractivity contribution < 1.29 is 13.2 Å². The van der Waals surface area contributed by atoms with E-state index >= 15 is 0 Å². The van der Waals surface area contributed by atoms with Gasteiger partial charge >= 0.3 is 0 Å².